The van der Waals surface area contributed by atoms with Gasteiger partial charge in [-0.15, -0.1) is 0 Å². The van der Waals surface area contributed by atoms with E-state index in [0.717, 1.165) is 44.7 Å². The zero-order valence-electron chi connectivity index (χ0n) is 76.6. The first-order chi connectivity index (χ1) is 63.7. The summed E-state index contributed by atoms with van der Waals surface area (Å²) in [7, 11) is -13.7. The van der Waals surface area contributed by atoms with Gasteiger partial charge in [-0.05, 0) is 197 Å². The molecule has 0 saturated carbocycles. The predicted molar refractivity (Wildman–Crippen MR) is 527 cm³/mol. The van der Waals surface area contributed by atoms with Gasteiger partial charge in [-0.25, -0.2) is 88.2 Å². The maximum atomic E-state index is 12.9. The molecule has 14 N–H and O–H groups in total. The van der Waals surface area contributed by atoms with E-state index in [1.807, 2.05) is 156 Å². The van der Waals surface area contributed by atoms with Crippen LogP contribution in [0, 0.1) is 14.3 Å². The smallest absolute Gasteiger partial charge is 0.327 e. The van der Waals surface area contributed by atoms with Gasteiger partial charge in [0, 0.05) is 91.3 Å². The van der Waals surface area contributed by atoms with Gasteiger partial charge in [0.15, 0.2) is 30.0 Å². The standard InChI is InChI=1S/C28H28N6O3S.C23H27N7O3S.C22H26ClN5O3S.C20H25N7O3S/c1-28(2,3)25-18-26(31-27(35)30-21-9-14-24-19(17-21)15-16-29-24)34(32-25)22-10-12-23(13-11-22)38(36,37)33-20-7-5-4-6-8-20;1-5-33-34(24,32)16-12-10-15(11-13-16)30-20(14-19(29-30)23(2,3)4)27-22(31)28-21-25-17-8-6-7-9-18(17)26-21;1-5-31-32(24,30)18-12-10-17(11-13-18)28-20(14-19(27-28)22(2,3)4)26-21(29)25-16-8-6-15(23)7-9-16;1-5-30-31(21,29)15-8-6-14(7-9-15)27-18(12-16(26-27)20(2,3)4)25-19(28)24-17-10-11-22-13-23-17/h4-18,29,33H,1-3H3,(H2,30,31,35);6-14,24H,5H2,1-4H3,(H3,25,26,27,28,31);6-14,24H,5H2,1-4H3,(H2,25,26,29);6-13,21H,5H2,1-4H3,(H2,22,23,24,25,28). The Morgan fingerprint density at radius 3 is 1.15 bits per heavy atom. The maximum absolute atomic E-state index is 12.9. The normalized spacial score (nSPS) is 13.0. The van der Waals surface area contributed by atoms with Crippen LogP contribution in [-0.2, 0) is 74.3 Å². The second kappa shape index (κ2) is 41.8. The molecule has 0 aliphatic carbocycles. The van der Waals surface area contributed by atoms with Crippen molar-refractivity contribution in [3.05, 3.63) is 277 Å². The van der Waals surface area contributed by atoms with Crippen molar-refractivity contribution in [2.24, 2.45) is 0 Å². The molecule has 42 heteroatoms. The molecule has 15 rings (SSSR count). The van der Waals surface area contributed by atoms with Crippen molar-refractivity contribution in [1.29, 1.82) is 14.3 Å². The van der Waals surface area contributed by atoms with Crippen LogP contribution in [0.1, 0.15) is 127 Å². The first-order valence-corrected chi connectivity index (χ1v) is 48.6. The predicted octanol–water partition coefficient (Wildman–Crippen LogP) is 20.9. The molecule has 706 valence electrons. The van der Waals surface area contributed by atoms with Crippen molar-refractivity contribution < 1.29 is 52.8 Å². The summed E-state index contributed by atoms with van der Waals surface area (Å²) in [6.07, 6.45) is 4.71. The molecule has 0 saturated heterocycles. The Hall–Kier alpha value is -14.5. The van der Waals surface area contributed by atoms with Crippen LogP contribution in [0.25, 0.3) is 44.7 Å². The molecule has 135 heavy (non-hydrogen) atoms. The first-order valence-electron chi connectivity index (χ1n) is 42.3. The number of nitrogens with zero attached hydrogens (tertiary/aromatic N) is 11. The average Bonchev–Trinajstić information content (AvgIpc) is 1.69. The molecule has 0 aliphatic rings. The van der Waals surface area contributed by atoms with Crippen molar-refractivity contribution in [1.82, 2.24) is 64.0 Å². The molecule has 0 bridgehead atoms. The number of halogens is 1. The molecule has 8 aromatic carbocycles. The van der Waals surface area contributed by atoms with Crippen LogP contribution in [0.2, 0.25) is 5.02 Å². The lowest BCUT2D eigenvalue weighted by Gasteiger charge is -2.14. The minimum Gasteiger partial charge on any atom is -0.361 e. The largest absolute Gasteiger partial charge is 0.361 e. The summed E-state index contributed by atoms with van der Waals surface area (Å²) in [4.78, 5) is 70.0. The average molecular weight is 1930 g/mol. The van der Waals surface area contributed by atoms with Crippen molar-refractivity contribution in [3.63, 3.8) is 0 Å². The fraction of sp³-hybridized carbons (Fsp3) is 0.237. The van der Waals surface area contributed by atoms with Gasteiger partial charge in [0.25, 0.3) is 10.0 Å². The number of aromatic nitrogens is 13. The number of anilines is 9. The fourth-order valence-electron chi connectivity index (χ4n) is 12.7. The van der Waals surface area contributed by atoms with Gasteiger partial charge in [-0.2, -0.15) is 20.4 Å². The van der Waals surface area contributed by atoms with Gasteiger partial charge in [0.05, 0.1) is 96.0 Å². The Balaban J connectivity index is 0.000000162. The van der Waals surface area contributed by atoms with Crippen LogP contribution in [0.3, 0.4) is 0 Å². The third-order valence-corrected chi connectivity index (χ3v) is 25.7. The molecule has 0 fully saturated rings. The SMILES string of the molecule is CC(C)(C)c1cc(NC(=O)Nc2ccc3[nH]ccc3c2)n(-c2ccc(S(=O)(=O)Nc3ccccc3)cc2)n1.CCOS(=N)(=O)c1ccc(-n2nc(C(C)(C)C)cc2NC(=O)Nc2ccc(Cl)cc2)cc1.CCOS(=N)(=O)c1ccc(-n2nc(C(C)(C)C)cc2NC(=O)Nc2ccncn2)cc1.CCOS(=N)(=O)c1ccc(-n2nc(C(C)(C)C)cc2NC(=O)Nc2nc3ccccc3[nH]2)cc1. The highest BCUT2D eigenvalue weighted by Crippen LogP contribution is 2.34. The van der Waals surface area contributed by atoms with E-state index in [1.54, 1.807) is 191 Å². The molecule has 7 heterocycles. The summed E-state index contributed by atoms with van der Waals surface area (Å²) in [5.74, 6) is 2.49. The summed E-state index contributed by atoms with van der Waals surface area (Å²) < 4.78 is 110. The molecular weight excluding hydrogens is 1820 g/mol. The number of rotatable bonds is 24. The zero-order chi connectivity index (χ0) is 97.6. The number of carbonyl (C=O) groups excluding carboxylic acids is 4. The van der Waals surface area contributed by atoms with Gasteiger partial charge >= 0.3 is 24.1 Å². The molecule has 7 aromatic heterocycles. The minimum absolute atomic E-state index is 0.112. The number of H-pyrrole nitrogens is 2. The van der Waals surface area contributed by atoms with Crippen LogP contribution in [0.15, 0.2) is 269 Å². The van der Waals surface area contributed by atoms with E-state index < -0.39 is 64.2 Å². The second-order valence-electron chi connectivity index (χ2n) is 34.3. The summed E-state index contributed by atoms with van der Waals surface area (Å²) in [6.45, 7) is 29.9. The van der Waals surface area contributed by atoms with Crippen molar-refractivity contribution >= 4 is 150 Å². The van der Waals surface area contributed by atoms with Gasteiger partial charge in [-0.1, -0.05) is 125 Å². The monoisotopic (exact) mass is 1930 g/mol. The first kappa shape index (κ1) is 99.6. The number of amides is 8. The topological polar surface area (TPSA) is 503 Å². The third-order valence-electron chi connectivity index (χ3n) is 19.7. The van der Waals surface area contributed by atoms with Crippen molar-refractivity contribution in [2.45, 2.75) is 145 Å². The number of urea groups is 4. The number of para-hydroxylation sites is 3. The summed E-state index contributed by atoms with van der Waals surface area (Å²) in [5.41, 5.74) is 8.81. The maximum Gasteiger partial charge on any atom is 0.327 e. The Morgan fingerprint density at radius 1 is 0.393 bits per heavy atom. The fourth-order valence-corrected chi connectivity index (χ4v) is 16.8. The van der Waals surface area contributed by atoms with E-state index in [4.69, 9.17) is 43.6 Å². The van der Waals surface area contributed by atoms with E-state index in [2.05, 4.69) is 87.5 Å². The van der Waals surface area contributed by atoms with Gasteiger partial charge in [-0.3, -0.25) is 49.2 Å². The van der Waals surface area contributed by atoms with Crippen molar-refractivity contribution in [3.8, 4) is 22.7 Å². The lowest BCUT2D eigenvalue weighted by Crippen LogP contribution is -2.22. The van der Waals surface area contributed by atoms with Gasteiger partial charge in [0.1, 0.15) is 35.4 Å². The number of aromatic amines is 2. The number of hydrogen-bond donors (Lipinski definition) is 14. The highest BCUT2D eigenvalue weighted by Gasteiger charge is 2.29. The van der Waals surface area contributed by atoms with E-state index in [1.165, 1.54) is 24.7 Å². The quantitative estimate of drug-likeness (QED) is 0.0267. The number of benzene rings is 8. The van der Waals surface area contributed by atoms with E-state index >= 15 is 0 Å². The van der Waals surface area contributed by atoms with Crippen LogP contribution in [0.4, 0.5) is 71.3 Å². The lowest BCUT2D eigenvalue weighted by molar-refractivity contribution is 0.261. The Labute approximate surface area is 787 Å². The van der Waals surface area contributed by atoms with Crippen molar-refractivity contribution in [2.75, 3.05) is 67.1 Å². The summed E-state index contributed by atoms with van der Waals surface area (Å²) in [6, 6.07) is 63.3. The highest BCUT2D eigenvalue weighted by atomic mass is 35.5. The molecule has 8 amide bonds. The minimum atomic E-state index is -3.77. The number of sulfonamides is 1. The molecule has 0 radical (unpaired) electrons. The van der Waals surface area contributed by atoms with Crippen LogP contribution in [-0.4, -0.2) is 129 Å². The number of hydrogen-bond acceptors (Lipinski definition) is 22. The van der Waals surface area contributed by atoms with Crippen LogP contribution < -0.4 is 47.3 Å². The van der Waals surface area contributed by atoms with E-state index in [9.17, 15) is 40.2 Å². The number of carbonyl (C=O) groups is 4. The highest BCUT2D eigenvalue weighted by molar-refractivity contribution is 7.92. The van der Waals surface area contributed by atoms with Gasteiger partial charge < -0.3 is 20.6 Å². The molecule has 3 unspecified atom stereocenters. The summed E-state index contributed by atoms with van der Waals surface area (Å²) in [5, 5.41) is 42.5. The third kappa shape index (κ3) is 26.3. The molecule has 0 spiro atoms. The van der Waals surface area contributed by atoms with E-state index in [-0.39, 0.29) is 61.1 Å². The Morgan fingerprint density at radius 2 is 0.763 bits per heavy atom. The number of nitrogens with one attached hydrogen (secondary N) is 14. The molecule has 0 aliphatic heterocycles. The summed E-state index contributed by atoms with van der Waals surface area (Å²) >= 11 is 5.89. The Bertz CT molecular complexity index is 7160. The number of fused-ring (bicyclic) bond motifs is 2. The van der Waals surface area contributed by atoms with E-state index in [0.29, 0.717) is 79.9 Å². The molecule has 15 aromatic rings. The number of imidazole rings is 1. The molecule has 3 atom stereocenters. The van der Waals surface area contributed by atoms with Crippen LogP contribution >= 0.6 is 11.6 Å². The Kier molecular flexibility index (Phi) is 30.8. The second-order valence-corrected chi connectivity index (χ2v) is 41.5. The van der Waals surface area contributed by atoms with Crippen LogP contribution in [0.5, 0.6) is 0 Å². The molecular formula is C93H106ClN25O12S4. The zero-order valence-corrected chi connectivity index (χ0v) is 80.6. The van der Waals surface area contributed by atoms with Gasteiger partial charge in [0.2, 0.25) is 5.95 Å². The lowest BCUT2D eigenvalue weighted by atomic mass is 9.92. The molecule has 37 nitrogen and oxygen atoms in total.